The van der Waals surface area contributed by atoms with E-state index in [1.54, 1.807) is 51.5 Å². The Morgan fingerprint density at radius 3 is 2.12 bits per heavy atom. The Morgan fingerprint density at radius 2 is 1.50 bits per heavy atom. The van der Waals surface area contributed by atoms with Crippen LogP contribution >= 0.6 is 0 Å². The van der Waals surface area contributed by atoms with Crippen LogP contribution in [0.15, 0.2) is 66.9 Å². The second kappa shape index (κ2) is 39.6. The van der Waals surface area contributed by atoms with Crippen molar-refractivity contribution in [3.63, 3.8) is 0 Å². The molecule has 3 aliphatic heterocycles. The average molecular weight is 1450 g/mol. The van der Waals surface area contributed by atoms with Crippen molar-refractivity contribution in [3.8, 4) is 5.75 Å². The van der Waals surface area contributed by atoms with Crippen molar-refractivity contribution < 1.29 is 102 Å². The summed E-state index contributed by atoms with van der Waals surface area (Å²) >= 11 is 0. The van der Waals surface area contributed by atoms with Crippen molar-refractivity contribution in [2.75, 3.05) is 61.2 Å². The predicted octanol–water partition coefficient (Wildman–Crippen LogP) is 4.93. The molecule has 0 spiro atoms. The van der Waals surface area contributed by atoms with E-state index in [0.717, 1.165) is 21.9 Å². The van der Waals surface area contributed by atoms with Crippen molar-refractivity contribution in [3.05, 3.63) is 93.8 Å². The van der Waals surface area contributed by atoms with Gasteiger partial charge in [-0.25, -0.2) is 14.3 Å². The van der Waals surface area contributed by atoms with Crippen molar-refractivity contribution in [1.29, 1.82) is 0 Å². The number of hydrogen-bond acceptors (Lipinski definition) is 23. The van der Waals surface area contributed by atoms with Gasteiger partial charge in [-0.1, -0.05) is 110 Å². The number of aliphatic hydroxyl groups excluding tert-OH is 4. The SMILES string of the molecule is CCC(C)C(C(CC(=O)N1CCCC1C(OC)C(C)C(=O)CC(C)C(O)c1ccccc1)OC)N(C)C(=O)C(CC(=O)C(C(C)C)N(C)C(=O)OC(Cc1cn(CCOCCNC(=O)CCCCCN2C(=O)C=CC2=O)nn1)c1ccc(OC2OC(C(=O)O)C(O)C(O)C2O)c([N+](=O)[O-])c1)C(C)C. The maximum Gasteiger partial charge on any atom is 0.410 e. The number of ether oxygens (including phenoxy) is 6. The van der Waals surface area contributed by atoms with Crippen LogP contribution in [-0.4, -0.2) is 240 Å². The number of carbonyl (C=O) groups excluding carboxylic acids is 8. The highest BCUT2D eigenvalue weighted by atomic mass is 16.7. The summed E-state index contributed by atoms with van der Waals surface area (Å²) in [7, 11) is 5.97. The zero-order chi connectivity index (χ0) is 76.1. The molecule has 2 aromatic carbocycles. The summed E-state index contributed by atoms with van der Waals surface area (Å²) in [6.07, 6.45) is -8.09. The Labute approximate surface area is 600 Å². The molecule has 6 N–H and O–H groups in total. The molecule has 6 amide bonds. The first kappa shape index (κ1) is 83.8. The Kier molecular flexibility index (Phi) is 32.2. The van der Waals surface area contributed by atoms with Gasteiger partial charge in [0.2, 0.25) is 24.0 Å². The van der Waals surface area contributed by atoms with Crippen LogP contribution in [0, 0.1) is 45.6 Å². The molecule has 4 heterocycles. The van der Waals surface area contributed by atoms with Gasteiger partial charge < -0.3 is 74.0 Å². The molecule has 1 aromatic heterocycles. The van der Waals surface area contributed by atoms with Gasteiger partial charge in [-0.05, 0) is 66.5 Å². The Morgan fingerprint density at radius 1 is 0.806 bits per heavy atom. The molecule has 103 heavy (non-hydrogen) atoms. The lowest BCUT2D eigenvalue weighted by atomic mass is 9.83. The number of aliphatic hydroxyl groups is 4. The Balaban J connectivity index is 1.15. The van der Waals surface area contributed by atoms with Crippen LogP contribution in [0.5, 0.6) is 5.75 Å². The van der Waals surface area contributed by atoms with Gasteiger partial charge in [0.25, 0.3) is 11.8 Å². The number of carboxylic acids is 1. The second-order valence-electron chi connectivity index (χ2n) is 27.7. The maximum atomic E-state index is 15.1. The number of nitrogens with zero attached hydrogens (tertiary/aromatic N) is 8. The summed E-state index contributed by atoms with van der Waals surface area (Å²) in [5.41, 5.74) is 0.109. The number of benzene rings is 2. The summed E-state index contributed by atoms with van der Waals surface area (Å²) in [5, 5.41) is 76.1. The molecule has 6 rings (SSSR count). The number of likely N-dealkylation sites (tertiary alicyclic amines) is 1. The van der Waals surface area contributed by atoms with Gasteiger partial charge in [-0.15, -0.1) is 5.10 Å². The van der Waals surface area contributed by atoms with Gasteiger partial charge in [0.1, 0.15) is 30.2 Å². The minimum Gasteiger partial charge on any atom is -0.479 e. The molecule has 3 aliphatic rings. The van der Waals surface area contributed by atoms with E-state index in [9.17, 15) is 74.0 Å². The molecule has 0 radical (unpaired) electrons. The standard InChI is InChI=1S/C72H105N9O22/c1-13-43(6)62(56(98-11)39-60(87)79-31-20-23-50(79)67(99-12)45(8)52(82)35-44(7)63(88)46-21-16-14-17-22-46)76(9)69(92)49(41(2)3)38-53(83)61(42(4)5)77(10)72(95)102-55(47-25-26-54(51(36-47)81(96)97)101-71-66(91)64(89)65(90)68(103-71)70(93)94)37-48-40-78(75-74-48)32-34-100-33-29-73-57(84)24-18-15-19-30-80-58(85)27-28-59(80)86/h14,16-17,21-22,25-28,36,40-45,49-50,55-56,61-68,71,88-91H,13,15,18-20,23-24,29-35,37-39H2,1-12H3,(H,73,84)(H,93,94). The zero-order valence-electron chi connectivity index (χ0n) is 61.0. The predicted molar refractivity (Wildman–Crippen MR) is 370 cm³/mol. The fourth-order valence-corrected chi connectivity index (χ4v) is 13.7. The van der Waals surface area contributed by atoms with Gasteiger partial charge in [-0.2, -0.15) is 0 Å². The van der Waals surface area contributed by atoms with Crippen LogP contribution in [0.25, 0.3) is 0 Å². The lowest BCUT2D eigenvalue weighted by Crippen LogP contribution is -2.61. The molecular weight excluding hydrogens is 1340 g/mol. The third kappa shape index (κ3) is 22.4. The number of aromatic nitrogens is 3. The van der Waals surface area contributed by atoms with E-state index >= 15 is 4.79 Å². The van der Waals surface area contributed by atoms with Gasteiger partial charge in [-0.3, -0.25) is 48.6 Å². The topological polar surface area (TPSA) is 409 Å². The minimum atomic E-state index is -2.10. The van der Waals surface area contributed by atoms with Crippen LogP contribution < -0.4 is 10.1 Å². The van der Waals surface area contributed by atoms with Gasteiger partial charge in [0.15, 0.2) is 17.6 Å². The number of Topliss-reactive ketones (excluding diaryl/α,β-unsaturated/α-hetero) is 2. The van der Waals surface area contributed by atoms with E-state index in [-0.39, 0.29) is 117 Å². The largest absolute Gasteiger partial charge is 0.479 e. The Bertz CT molecular complexity index is 3370. The number of methoxy groups -OCH3 is 2. The third-order valence-electron chi connectivity index (χ3n) is 19.8. The van der Waals surface area contributed by atoms with Crippen molar-refractivity contribution in [1.82, 2.24) is 39.9 Å². The molecule has 570 valence electrons. The number of hydrogen-bond donors (Lipinski definition) is 6. The molecule has 2 fully saturated rings. The first-order valence-electron chi connectivity index (χ1n) is 35.3. The van der Waals surface area contributed by atoms with E-state index in [1.807, 2.05) is 51.1 Å². The number of nitro benzene ring substituents is 1. The highest BCUT2D eigenvalue weighted by molar-refractivity contribution is 6.12. The smallest absolute Gasteiger partial charge is 0.410 e. The number of rotatable bonds is 42. The summed E-state index contributed by atoms with van der Waals surface area (Å²) in [5.74, 6) is -7.66. The van der Waals surface area contributed by atoms with E-state index in [0.29, 0.717) is 50.6 Å². The first-order valence-corrected chi connectivity index (χ1v) is 35.3. The van der Waals surface area contributed by atoms with Crippen LogP contribution in [0.2, 0.25) is 0 Å². The van der Waals surface area contributed by atoms with Crippen molar-refractivity contribution in [2.24, 2.45) is 35.5 Å². The van der Waals surface area contributed by atoms with Crippen LogP contribution in [0.3, 0.4) is 0 Å². The molecule has 16 atom stereocenters. The number of nitrogens with one attached hydrogen (secondary N) is 1. The van der Waals surface area contributed by atoms with E-state index in [1.165, 1.54) is 50.4 Å². The number of ketones is 2. The molecule has 0 aliphatic carbocycles. The lowest BCUT2D eigenvalue weighted by molar-refractivity contribution is -0.387. The molecule has 2 saturated heterocycles. The van der Waals surface area contributed by atoms with Crippen LogP contribution in [-0.2, 0) is 75.0 Å². The number of carboxylic acid groups (broad SMARTS) is 1. The fraction of sp³-hybridized carbons (Fsp3) is 0.653. The highest BCUT2D eigenvalue weighted by Crippen LogP contribution is 2.38. The summed E-state index contributed by atoms with van der Waals surface area (Å²) in [4.78, 5) is 139. The molecule has 31 nitrogen and oxygen atoms in total. The van der Waals surface area contributed by atoms with Crippen LogP contribution in [0.4, 0.5) is 10.5 Å². The third-order valence-corrected chi connectivity index (χ3v) is 19.8. The molecular formula is C72H105N9O22. The van der Waals surface area contributed by atoms with Crippen LogP contribution in [0.1, 0.15) is 149 Å². The van der Waals surface area contributed by atoms with Crippen molar-refractivity contribution >= 4 is 58.9 Å². The summed E-state index contributed by atoms with van der Waals surface area (Å²) in [6.45, 7) is 15.8. The maximum absolute atomic E-state index is 15.1. The number of unbranched alkanes of at least 4 members (excludes halogenated alkanes) is 2. The molecule has 0 saturated carbocycles. The molecule has 16 unspecified atom stereocenters. The first-order chi connectivity index (χ1) is 48.8. The van der Waals surface area contributed by atoms with E-state index in [4.69, 9.17) is 28.4 Å². The lowest BCUT2D eigenvalue weighted by Gasteiger charge is -2.41. The number of carbonyl (C=O) groups is 9. The van der Waals surface area contributed by atoms with Gasteiger partial charge >= 0.3 is 17.7 Å². The molecule has 31 heteroatoms. The number of imide groups is 1. The van der Waals surface area contributed by atoms with Gasteiger partial charge in [0.05, 0.1) is 73.2 Å². The fourth-order valence-electron chi connectivity index (χ4n) is 13.7. The quantitative estimate of drug-likeness (QED) is 0.0189. The molecule has 0 bridgehead atoms. The Hall–Kier alpha value is -8.17. The summed E-state index contributed by atoms with van der Waals surface area (Å²) in [6, 6.07) is 10.1. The second-order valence-corrected chi connectivity index (χ2v) is 27.7. The zero-order valence-corrected chi connectivity index (χ0v) is 61.0. The minimum absolute atomic E-state index is 0.0201. The number of aliphatic carboxylic acids is 1. The van der Waals surface area contributed by atoms with E-state index < -0.39 is 137 Å². The summed E-state index contributed by atoms with van der Waals surface area (Å²) < 4.78 is 36.3. The monoisotopic (exact) mass is 1450 g/mol. The number of likely N-dealkylation sites (N-methyl/N-ethyl adjacent to an activating group) is 2. The van der Waals surface area contributed by atoms with Crippen molar-refractivity contribution in [2.45, 2.75) is 206 Å². The highest BCUT2D eigenvalue weighted by Gasteiger charge is 2.49. The number of nitro groups is 1. The number of amides is 6. The van der Waals surface area contributed by atoms with E-state index in [2.05, 4.69) is 15.6 Å². The molecule has 3 aromatic rings. The average Bonchev–Trinajstić information content (AvgIpc) is 1.73. The normalized spacial score (nSPS) is 21.3. The van der Waals surface area contributed by atoms with Gasteiger partial charge in [0, 0.05) is 110 Å².